The molecule has 0 aromatic carbocycles. The Morgan fingerprint density at radius 1 is 0.765 bits per heavy atom. The van der Waals surface area contributed by atoms with Crippen molar-refractivity contribution in [2.45, 2.75) is 209 Å². The number of unbranched alkanes of at least 4 members (excludes halogenated alkanes) is 5. The molecule has 0 bridgehead atoms. The fourth-order valence-electron chi connectivity index (χ4n) is 10.9. The molecule has 3 fully saturated rings. The average molecular weight is 1150 g/mol. The topological polar surface area (TPSA) is 403 Å². The maximum absolute atomic E-state index is 14.7. The van der Waals surface area contributed by atoms with Gasteiger partial charge in [-0.15, -0.1) is 0 Å². The van der Waals surface area contributed by atoms with Gasteiger partial charge >= 0.3 is 0 Å². The normalized spacial score (nSPS) is 29.1. The van der Waals surface area contributed by atoms with Crippen molar-refractivity contribution < 1.29 is 78.9 Å². The van der Waals surface area contributed by atoms with Gasteiger partial charge in [0.1, 0.15) is 42.0 Å². The molecule has 81 heavy (non-hydrogen) atoms. The molecule has 15 N–H and O–H groups in total. The molecule has 1 aliphatic carbocycles. The Hall–Kier alpha value is -5.77. The van der Waals surface area contributed by atoms with Crippen molar-refractivity contribution in [3.63, 3.8) is 0 Å². The minimum Gasteiger partial charge on any atom is -0.508 e. The van der Waals surface area contributed by atoms with Crippen LogP contribution in [0.2, 0.25) is 0 Å². The molecular weight excluding hydrogens is 1060 g/mol. The van der Waals surface area contributed by atoms with Gasteiger partial charge in [0, 0.05) is 38.9 Å². The highest BCUT2D eigenvalue weighted by molar-refractivity contribution is 5.98. The van der Waals surface area contributed by atoms with Crippen LogP contribution in [0.1, 0.15) is 130 Å². The van der Waals surface area contributed by atoms with E-state index >= 15 is 0 Å². The van der Waals surface area contributed by atoms with Crippen LogP contribution in [0, 0.1) is 17.8 Å². The third-order valence-electron chi connectivity index (χ3n) is 15.6. The van der Waals surface area contributed by atoms with Crippen molar-refractivity contribution in [1.82, 2.24) is 46.6 Å². The lowest BCUT2D eigenvalue weighted by molar-refractivity contribution is -0.148. The summed E-state index contributed by atoms with van der Waals surface area (Å²) in [6.07, 6.45) is -0.202. The van der Waals surface area contributed by atoms with E-state index in [1.54, 1.807) is 14.1 Å². The summed E-state index contributed by atoms with van der Waals surface area (Å²) in [6.45, 7) is 6.27. The second-order valence-electron chi connectivity index (χ2n) is 23.0. The maximum Gasteiger partial charge on any atom is 0.248 e. The zero-order valence-corrected chi connectivity index (χ0v) is 47.8. The van der Waals surface area contributed by atoms with Crippen molar-refractivity contribution in [2.24, 2.45) is 23.5 Å². The van der Waals surface area contributed by atoms with Gasteiger partial charge in [-0.25, -0.2) is 0 Å². The fraction of sp³-hybridized carbons (Fsp3) is 0.764. The van der Waals surface area contributed by atoms with Crippen LogP contribution in [0.5, 0.6) is 0 Å². The Morgan fingerprint density at radius 3 is 2.04 bits per heavy atom. The van der Waals surface area contributed by atoms with E-state index in [0.717, 1.165) is 55.2 Å². The monoisotopic (exact) mass is 1150 g/mol. The molecule has 0 saturated carbocycles. The van der Waals surface area contributed by atoms with E-state index in [-0.39, 0.29) is 44.5 Å². The van der Waals surface area contributed by atoms with Crippen LogP contribution in [0.4, 0.5) is 0 Å². The van der Waals surface area contributed by atoms with Gasteiger partial charge in [0.05, 0.1) is 55.6 Å². The number of primary amides is 1. The first-order chi connectivity index (χ1) is 38.2. The summed E-state index contributed by atoms with van der Waals surface area (Å²) >= 11 is 0. The van der Waals surface area contributed by atoms with Gasteiger partial charge in [-0.2, -0.15) is 0 Å². The molecule has 26 heteroatoms. The van der Waals surface area contributed by atoms with Crippen LogP contribution >= 0.6 is 0 Å². The molecule has 0 aromatic rings. The van der Waals surface area contributed by atoms with E-state index in [9.17, 15) is 78.9 Å². The first-order valence-electron chi connectivity index (χ1n) is 28.7. The number of amides is 9. The molecule has 3 heterocycles. The molecule has 3 aliphatic heterocycles. The van der Waals surface area contributed by atoms with E-state index in [4.69, 9.17) is 5.73 Å². The number of aliphatic hydroxyl groups excluding tert-OH is 7. The molecule has 9 amide bonds. The molecule has 3 saturated heterocycles. The van der Waals surface area contributed by atoms with Crippen LogP contribution in [0.25, 0.3) is 0 Å². The van der Waals surface area contributed by atoms with Crippen molar-refractivity contribution >= 4 is 53.2 Å². The smallest absolute Gasteiger partial charge is 0.248 e. The second-order valence-corrected chi connectivity index (χ2v) is 23.0. The van der Waals surface area contributed by atoms with Crippen LogP contribution in [-0.4, -0.2) is 223 Å². The Bertz CT molecular complexity index is 2220. The van der Waals surface area contributed by atoms with Crippen molar-refractivity contribution in [3.05, 3.63) is 24.0 Å². The number of carbonyl (C=O) groups is 9. The van der Waals surface area contributed by atoms with Gasteiger partial charge in [0.15, 0.2) is 0 Å². The SMILES string of the molecule is CC[C@H](C)C[C@H](C)CCCCCCCCC(=O)N[C@H]1C[C@@H](O)[C@@H](CNC(=O)CN(C)C)NC(=O)C2[C@@H](O)CCN2C(=O)C([C@H](O)CC(N)=O)NC(=O)C(C(O)CC2C=CC(O)=CC2)NC(=O)C2C[C@@H](O)CN2C(=O)C([C@@H](C)O)NC1=O. The summed E-state index contributed by atoms with van der Waals surface area (Å²) in [5.74, 6) is -8.69. The molecule has 458 valence electrons. The predicted molar refractivity (Wildman–Crippen MR) is 294 cm³/mol. The number of aliphatic hydroxyl groups is 7. The summed E-state index contributed by atoms with van der Waals surface area (Å²) in [7, 11) is 3.22. The molecule has 7 unspecified atom stereocenters. The first-order valence-corrected chi connectivity index (χ1v) is 28.7. The van der Waals surface area contributed by atoms with Gasteiger partial charge in [0.25, 0.3) is 0 Å². The van der Waals surface area contributed by atoms with Crippen LogP contribution in [0.3, 0.4) is 0 Å². The van der Waals surface area contributed by atoms with Gasteiger partial charge in [-0.3, -0.25) is 43.2 Å². The predicted octanol–water partition coefficient (Wildman–Crippen LogP) is -2.64. The molecular formula is C55H92N10O16. The number of nitrogens with zero attached hydrogens (tertiary/aromatic N) is 3. The summed E-state index contributed by atoms with van der Waals surface area (Å²) in [5, 5.41) is 93.4. The van der Waals surface area contributed by atoms with Crippen molar-refractivity contribution in [2.75, 3.05) is 40.3 Å². The Kier molecular flexibility index (Phi) is 27.4. The van der Waals surface area contributed by atoms with Gasteiger partial charge in [-0.05, 0) is 83.0 Å². The third-order valence-corrected chi connectivity index (χ3v) is 15.6. The highest BCUT2D eigenvalue weighted by atomic mass is 16.3. The van der Waals surface area contributed by atoms with E-state index in [0.29, 0.717) is 24.7 Å². The standard InChI is InChI=1S/C55H92N10O16/c1-7-30(2)22-31(3)14-12-10-8-9-11-13-15-44(74)58-36-25-40(70)37(27-57-45(75)29-63(5)6)59-53(79)49-39(69)20-21-64(49)55(81)48(42(72)26-43(56)73)62-52(78)47(41(71)23-33-16-18-34(67)19-17-33)61-51(77)38-24-35(68)28-65(38)54(80)46(32(4)66)60-50(36)76/h16,18-19,30-33,35-42,46-49,66-72H,7-15,17,20-29H2,1-6H3,(H2,56,73)(H,57,75)(H,58,74)(H,59,79)(H,60,76)(H,61,77)(H,62,78)/t30-,31+,32+,33?,35+,36-,37+,38?,39-,40+,41?,42+,46?,47?,48?,49?/m0/s1. The number of fused-ring (bicyclic) bond motifs is 2. The Balaban J connectivity index is 1.76. The number of allylic oxidation sites excluding steroid dienone is 3. The lowest BCUT2D eigenvalue weighted by atomic mass is 9.90. The van der Waals surface area contributed by atoms with Gasteiger partial charge < -0.3 is 88.1 Å². The maximum atomic E-state index is 14.7. The number of likely N-dealkylation sites (N-methyl/N-ethyl adjacent to an activating group) is 1. The van der Waals surface area contributed by atoms with E-state index in [1.165, 1.54) is 29.5 Å². The largest absolute Gasteiger partial charge is 0.508 e. The van der Waals surface area contributed by atoms with E-state index in [1.807, 2.05) is 0 Å². The quantitative estimate of drug-likeness (QED) is 0.0439. The van der Waals surface area contributed by atoms with Crippen LogP contribution in [0.15, 0.2) is 24.0 Å². The molecule has 4 aliphatic rings. The molecule has 0 aromatic heterocycles. The summed E-state index contributed by atoms with van der Waals surface area (Å²) in [5.41, 5.74) is 5.42. The fourth-order valence-corrected chi connectivity index (χ4v) is 10.9. The molecule has 0 radical (unpaired) electrons. The Morgan fingerprint density at radius 2 is 1.41 bits per heavy atom. The number of hydrogen-bond acceptors (Lipinski definition) is 17. The molecule has 16 atom stereocenters. The number of rotatable bonds is 24. The summed E-state index contributed by atoms with van der Waals surface area (Å²) < 4.78 is 0. The molecule has 26 nitrogen and oxygen atoms in total. The van der Waals surface area contributed by atoms with Crippen molar-refractivity contribution in [1.29, 1.82) is 0 Å². The van der Waals surface area contributed by atoms with Gasteiger partial charge in [-0.1, -0.05) is 71.8 Å². The zero-order chi connectivity index (χ0) is 60.2. The lowest BCUT2D eigenvalue weighted by Gasteiger charge is -2.34. The third kappa shape index (κ3) is 21.2. The van der Waals surface area contributed by atoms with E-state index < -0.39 is 170 Å². The Labute approximate surface area is 474 Å². The second kappa shape index (κ2) is 32.8. The van der Waals surface area contributed by atoms with E-state index in [2.05, 4.69) is 52.7 Å². The minimum atomic E-state index is -2.16. The first kappa shape index (κ1) is 67.7. The zero-order valence-electron chi connectivity index (χ0n) is 47.8. The number of hydrogen-bond donors (Lipinski definition) is 14. The number of nitrogens with two attached hydrogens (primary N) is 1. The highest BCUT2D eigenvalue weighted by Gasteiger charge is 2.49. The van der Waals surface area contributed by atoms with Crippen LogP contribution in [-0.2, 0) is 43.2 Å². The van der Waals surface area contributed by atoms with Crippen molar-refractivity contribution in [3.8, 4) is 0 Å². The highest BCUT2D eigenvalue weighted by Crippen LogP contribution is 2.26. The number of carbonyl (C=O) groups excluding carboxylic acids is 9. The summed E-state index contributed by atoms with van der Waals surface area (Å²) in [6, 6.07) is -12.8. The lowest BCUT2D eigenvalue weighted by Crippen LogP contribution is -2.64. The minimum absolute atomic E-state index is 0.0581. The molecule has 0 spiro atoms. The summed E-state index contributed by atoms with van der Waals surface area (Å²) in [4.78, 5) is 129. The van der Waals surface area contributed by atoms with Gasteiger partial charge in [0.2, 0.25) is 53.2 Å². The van der Waals surface area contributed by atoms with Crippen LogP contribution < -0.4 is 37.6 Å². The number of nitrogens with one attached hydrogen (secondary N) is 6. The average Bonchev–Trinajstić information content (AvgIpc) is 4.12. The molecule has 4 rings (SSSR count).